The fourth-order valence-corrected chi connectivity index (χ4v) is 6.27. The number of halogens is 4. The number of benzene rings is 1. The Morgan fingerprint density at radius 3 is 2.56 bits per heavy atom. The van der Waals surface area contributed by atoms with Crippen molar-refractivity contribution in [1.29, 1.82) is 0 Å². The second-order valence-electron chi connectivity index (χ2n) is 11.0. The second kappa shape index (κ2) is 14.6. The summed E-state index contributed by atoms with van der Waals surface area (Å²) in [5.74, 6) is -1.74. The molecule has 220 valence electrons. The van der Waals surface area contributed by atoms with E-state index >= 15 is 0 Å². The monoisotopic (exact) mass is 574 g/mol. The number of amides is 3. The van der Waals surface area contributed by atoms with Crippen LogP contribution in [0.2, 0.25) is 5.02 Å². The summed E-state index contributed by atoms with van der Waals surface area (Å²) in [5, 5.41) is 20.7. The van der Waals surface area contributed by atoms with E-state index < -0.39 is 17.7 Å². The Balaban J connectivity index is 1.68. The molecule has 7 nitrogen and oxygen atoms in total. The summed E-state index contributed by atoms with van der Waals surface area (Å²) in [7, 11) is 1.87. The molecule has 1 aromatic rings. The number of carbonyl (C=O) groups is 2. The zero-order valence-electron chi connectivity index (χ0n) is 22.7. The van der Waals surface area contributed by atoms with Crippen molar-refractivity contribution in [3.8, 4) is 0 Å². The topological polar surface area (TPSA) is 93.7 Å². The minimum absolute atomic E-state index is 0.00929. The Hall–Kier alpha value is -2.04. The standard InChI is InChI=1S/C28H42ClF3N4O3/c1-33-18-24(16-20-8-3-2-4-9-20)35-26(38)36-15-6-11-22(19-36)27(39,21-10-5-12-23(29)17-21)13-7-14-34-25(37)28(30,31)32/h5,10,12,17,20,22,24,33,39H,2-4,6-9,11,13-16,18-19H2,1H3,(H,34,37)(H,35,38)/t22?,24?,27-/m1/s1. The Morgan fingerprint density at radius 2 is 1.90 bits per heavy atom. The average Bonchev–Trinajstić information content (AvgIpc) is 2.91. The van der Waals surface area contributed by atoms with Crippen molar-refractivity contribution in [3.05, 3.63) is 34.9 Å². The summed E-state index contributed by atoms with van der Waals surface area (Å²) < 4.78 is 37.7. The Morgan fingerprint density at radius 1 is 1.15 bits per heavy atom. The van der Waals surface area contributed by atoms with Crippen LogP contribution in [-0.2, 0) is 10.4 Å². The van der Waals surface area contributed by atoms with E-state index in [4.69, 9.17) is 11.6 Å². The SMILES string of the molecule is CNCC(CC1CCCCC1)NC(=O)N1CCCC([C@@](O)(CCCNC(=O)C(F)(F)F)c2cccc(Cl)c2)C1. The number of aliphatic hydroxyl groups is 1. The minimum Gasteiger partial charge on any atom is -0.385 e. The number of nitrogens with one attached hydrogen (secondary N) is 3. The quantitative estimate of drug-likeness (QED) is 0.281. The normalized spacial score (nSPS) is 21.2. The van der Waals surface area contributed by atoms with Gasteiger partial charge in [0.2, 0.25) is 0 Å². The van der Waals surface area contributed by atoms with Crippen molar-refractivity contribution >= 4 is 23.5 Å². The van der Waals surface area contributed by atoms with Gasteiger partial charge in [0.05, 0.1) is 5.60 Å². The molecule has 2 unspecified atom stereocenters. The molecule has 1 saturated carbocycles. The van der Waals surface area contributed by atoms with Crippen molar-refractivity contribution in [1.82, 2.24) is 20.9 Å². The number of rotatable bonds is 11. The highest BCUT2D eigenvalue weighted by atomic mass is 35.5. The molecule has 0 aromatic heterocycles. The van der Waals surface area contributed by atoms with Gasteiger partial charge < -0.3 is 26.0 Å². The third-order valence-corrected chi connectivity index (χ3v) is 8.34. The van der Waals surface area contributed by atoms with Crippen LogP contribution in [-0.4, -0.2) is 67.4 Å². The number of carbonyl (C=O) groups excluding carboxylic acids is 2. The fourth-order valence-electron chi connectivity index (χ4n) is 6.08. The molecule has 1 heterocycles. The molecule has 3 atom stereocenters. The first-order valence-electron chi connectivity index (χ1n) is 14.1. The molecule has 3 rings (SSSR count). The molecule has 0 spiro atoms. The Bertz CT molecular complexity index is 945. The van der Waals surface area contributed by atoms with Crippen molar-refractivity contribution < 1.29 is 27.9 Å². The van der Waals surface area contributed by atoms with Gasteiger partial charge in [0.25, 0.3) is 0 Å². The largest absolute Gasteiger partial charge is 0.471 e. The van der Waals surface area contributed by atoms with Crippen molar-refractivity contribution in [3.63, 3.8) is 0 Å². The smallest absolute Gasteiger partial charge is 0.385 e. The third-order valence-electron chi connectivity index (χ3n) is 8.11. The molecule has 3 amide bonds. The van der Waals surface area contributed by atoms with Gasteiger partial charge in [0.1, 0.15) is 0 Å². The molecule has 0 bridgehead atoms. The maximum Gasteiger partial charge on any atom is 0.471 e. The van der Waals surface area contributed by atoms with Crippen molar-refractivity contribution in [2.75, 3.05) is 33.2 Å². The number of piperidine rings is 1. The van der Waals surface area contributed by atoms with E-state index in [0.717, 1.165) is 6.42 Å². The zero-order chi connectivity index (χ0) is 28.5. The summed E-state index contributed by atoms with van der Waals surface area (Å²) in [6, 6.07) is 6.64. The lowest BCUT2D eigenvalue weighted by Crippen LogP contribution is -2.54. The highest BCUT2D eigenvalue weighted by Gasteiger charge is 2.42. The van der Waals surface area contributed by atoms with Gasteiger partial charge in [-0.25, -0.2) is 4.79 Å². The van der Waals surface area contributed by atoms with Gasteiger partial charge >= 0.3 is 18.1 Å². The summed E-state index contributed by atoms with van der Waals surface area (Å²) in [5.41, 5.74) is -0.881. The summed E-state index contributed by atoms with van der Waals surface area (Å²) in [6.07, 6.45) is 3.67. The van der Waals surface area contributed by atoms with Gasteiger partial charge in [0.15, 0.2) is 0 Å². The molecule has 2 aliphatic rings. The Kier molecular flexibility index (Phi) is 11.7. The molecule has 1 aromatic carbocycles. The number of alkyl halides is 3. The summed E-state index contributed by atoms with van der Waals surface area (Å²) in [4.78, 5) is 26.3. The lowest BCUT2D eigenvalue weighted by molar-refractivity contribution is -0.173. The second-order valence-corrected chi connectivity index (χ2v) is 11.5. The molecule has 1 aliphatic heterocycles. The molecular formula is C28H42ClF3N4O3. The van der Waals surface area contributed by atoms with Gasteiger partial charge in [-0.1, -0.05) is 55.8 Å². The van der Waals surface area contributed by atoms with Crippen LogP contribution in [0, 0.1) is 11.8 Å². The molecule has 4 N–H and O–H groups in total. The van der Waals surface area contributed by atoms with Crippen LogP contribution in [0.5, 0.6) is 0 Å². The third kappa shape index (κ3) is 9.25. The van der Waals surface area contributed by atoms with Gasteiger partial charge in [0, 0.05) is 43.2 Å². The van der Waals surface area contributed by atoms with E-state index in [1.807, 2.05) is 12.4 Å². The highest BCUT2D eigenvalue weighted by Crippen LogP contribution is 2.40. The number of urea groups is 1. The van der Waals surface area contributed by atoms with Crippen LogP contribution in [0.25, 0.3) is 0 Å². The molecule has 1 aliphatic carbocycles. The van der Waals surface area contributed by atoms with Gasteiger partial charge in [-0.15, -0.1) is 0 Å². The van der Waals surface area contributed by atoms with Crippen molar-refractivity contribution in [2.24, 2.45) is 11.8 Å². The van der Waals surface area contributed by atoms with Crippen LogP contribution in [0.3, 0.4) is 0 Å². The van der Waals surface area contributed by atoms with E-state index in [0.29, 0.717) is 49.0 Å². The maximum absolute atomic E-state index is 13.3. The van der Waals surface area contributed by atoms with Crippen LogP contribution in [0.4, 0.5) is 18.0 Å². The van der Waals surface area contributed by atoms with E-state index in [2.05, 4.69) is 10.6 Å². The maximum atomic E-state index is 13.3. The minimum atomic E-state index is -4.96. The Labute approximate surface area is 234 Å². The van der Waals surface area contributed by atoms with Crippen molar-refractivity contribution in [2.45, 2.75) is 82.0 Å². The number of likely N-dealkylation sites (tertiary alicyclic amines) is 1. The average molecular weight is 575 g/mol. The van der Waals surface area contributed by atoms with Crippen LogP contribution >= 0.6 is 11.6 Å². The van der Waals surface area contributed by atoms with Crippen LogP contribution < -0.4 is 16.0 Å². The number of hydrogen-bond acceptors (Lipinski definition) is 4. The molecule has 39 heavy (non-hydrogen) atoms. The first kappa shape index (κ1) is 31.5. The highest BCUT2D eigenvalue weighted by molar-refractivity contribution is 6.30. The van der Waals surface area contributed by atoms with Gasteiger partial charge in [-0.05, 0) is 62.8 Å². The number of hydrogen-bond donors (Lipinski definition) is 4. The van der Waals surface area contributed by atoms with Crippen LogP contribution in [0.15, 0.2) is 24.3 Å². The van der Waals surface area contributed by atoms with Gasteiger partial charge in [-0.3, -0.25) is 4.79 Å². The predicted molar refractivity (Wildman–Crippen MR) is 145 cm³/mol. The summed E-state index contributed by atoms with van der Waals surface area (Å²) >= 11 is 6.22. The molecule has 0 radical (unpaired) electrons. The number of nitrogens with zero attached hydrogens (tertiary/aromatic N) is 1. The zero-order valence-corrected chi connectivity index (χ0v) is 23.4. The lowest BCUT2D eigenvalue weighted by Gasteiger charge is -2.43. The number of likely N-dealkylation sites (N-methyl/N-ethyl adjacent to an activating group) is 1. The first-order chi connectivity index (χ1) is 18.5. The molecule has 2 fully saturated rings. The van der Waals surface area contributed by atoms with E-state index in [1.165, 1.54) is 32.1 Å². The van der Waals surface area contributed by atoms with E-state index in [-0.39, 0.29) is 37.4 Å². The molecule has 1 saturated heterocycles. The molecule has 11 heteroatoms. The van der Waals surface area contributed by atoms with Gasteiger partial charge in [-0.2, -0.15) is 13.2 Å². The summed E-state index contributed by atoms with van der Waals surface area (Å²) in [6.45, 7) is 1.31. The predicted octanol–water partition coefficient (Wildman–Crippen LogP) is 4.97. The van der Waals surface area contributed by atoms with E-state index in [9.17, 15) is 27.9 Å². The first-order valence-corrected chi connectivity index (χ1v) is 14.4. The van der Waals surface area contributed by atoms with E-state index in [1.54, 1.807) is 29.2 Å². The lowest BCUT2D eigenvalue weighted by atomic mass is 9.74. The fraction of sp³-hybridized carbons (Fsp3) is 0.714. The molecular weight excluding hydrogens is 533 g/mol. The van der Waals surface area contributed by atoms with Crippen LogP contribution in [0.1, 0.15) is 69.8 Å².